The van der Waals surface area contributed by atoms with Gasteiger partial charge in [0.25, 0.3) is 12.3 Å². The molecule has 0 aliphatic carbocycles. The number of carbonyl (C=O) groups excluding carboxylic acids is 1. The van der Waals surface area contributed by atoms with E-state index in [1.165, 1.54) is 6.26 Å². The van der Waals surface area contributed by atoms with E-state index in [-0.39, 0.29) is 29.9 Å². The average Bonchev–Trinajstić information content (AvgIpc) is 3.28. The lowest BCUT2D eigenvalue weighted by Crippen LogP contribution is -2.53. The smallest absolute Gasteiger partial charge is 0.289 e. The maximum Gasteiger partial charge on any atom is 0.289 e. The van der Waals surface area contributed by atoms with E-state index >= 15 is 0 Å². The van der Waals surface area contributed by atoms with E-state index in [1.807, 2.05) is 6.07 Å². The SMILES string of the molecule is CN=C(NCc1cccc(OCC(F)F)c1)N1CCN(C(=O)c2ccco2)CC1.I. The Kier molecular flexibility index (Phi) is 9.34. The second-order valence-corrected chi connectivity index (χ2v) is 6.51. The molecule has 0 spiro atoms. The number of nitrogens with zero attached hydrogens (tertiary/aromatic N) is 3. The van der Waals surface area contributed by atoms with Gasteiger partial charge in [0, 0.05) is 39.8 Å². The predicted molar refractivity (Wildman–Crippen MR) is 120 cm³/mol. The standard InChI is InChI=1S/C20H24F2N4O3.HI/c1-23-20(24-13-15-4-2-5-16(12-15)29-14-18(21)22)26-9-7-25(8-10-26)19(27)17-6-3-11-28-17;/h2-6,11-12,18H,7-10,13-14H2,1H3,(H,23,24);1H. The molecule has 0 atom stereocenters. The van der Waals surface area contributed by atoms with E-state index in [1.54, 1.807) is 42.3 Å². The first-order valence-electron chi connectivity index (χ1n) is 9.35. The predicted octanol–water partition coefficient (Wildman–Crippen LogP) is 3.07. The minimum Gasteiger partial charge on any atom is -0.488 e. The zero-order chi connectivity index (χ0) is 20.6. The number of ether oxygens (including phenoxy) is 1. The topological polar surface area (TPSA) is 70.3 Å². The van der Waals surface area contributed by atoms with Crippen LogP contribution in [0.1, 0.15) is 16.1 Å². The number of furan rings is 1. The molecule has 1 saturated heterocycles. The molecule has 1 aromatic heterocycles. The van der Waals surface area contributed by atoms with E-state index in [2.05, 4.69) is 15.2 Å². The summed E-state index contributed by atoms with van der Waals surface area (Å²) >= 11 is 0. The lowest BCUT2D eigenvalue weighted by atomic mass is 10.2. The van der Waals surface area contributed by atoms with Gasteiger partial charge in [0.1, 0.15) is 12.4 Å². The van der Waals surface area contributed by atoms with Crippen molar-refractivity contribution in [3.63, 3.8) is 0 Å². The van der Waals surface area contributed by atoms with Gasteiger partial charge >= 0.3 is 0 Å². The van der Waals surface area contributed by atoms with Gasteiger partial charge in [-0.15, -0.1) is 24.0 Å². The molecule has 1 N–H and O–H groups in total. The van der Waals surface area contributed by atoms with Crippen molar-refractivity contribution in [1.82, 2.24) is 15.1 Å². The van der Waals surface area contributed by atoms with Crippen LogP contribution >= 0.6 is 24.0 Å². The van der Waals surface area contributed by atoms with Crippen LogP contribution in [0.15, 0.2) is 52.1 Å². The third-order valence-electron chi connectivity index (χ3n) is 4.54. The van der Waals surface area contributed by atoms with Crippen molar-refractivity contribution in [1.29, 1.82) is 0 Å². The van der Waals surface area contributed by atoms with Gasteiger partial charge in [-0.25, -0.2) is 8.78 Å². The molecule has 2 aromatic rings. The zero-order valence-corrected chi connectivity index (χ0v) is 18.9. The molecule has 0 saturated carbocycles. The summed E-state index contributed by atoms with van der Waals surface area (Å²) in [5.74, 6) is 1.35. The van der Waals surface area contributed by atoms with Gasteiger partial charge in [0.05, 0.1) is 6.26 Å². The number of hydrogen-bond acceptors (Lipinski definition) is 4. The fraction of sp³-hybridized carbons (Fsp3) is 0.400. The number of guanidine groups is 1. The Morgan fingerprint density at radius 3 is 2.57 bits per heavy atom. The van der Waals surface area contributed by atoms with Crippen molar-refractivity contribution in [3.05, 3.63) is 54.0 Å². The number of halogens is 3. The number of rotatable bonds is 6. The van der Waals surface area contributed by atoms with Crippen molar-refractivity contribution in [3.8, 4) is 5.75 Å². The molecule has 1 aliphatic rings. The second kappa shape index (κ2) is 11.7. The highest BCUT2D eigenvalue weighted by atomic mass is 127. The molecule has 1 aliphatic heterocycles. The zero-order valence-electron chi connectivity index (χ0n) is 16.6. The first-order chi connectivity index (χ1) is 14.1. The fourth-order valence-corrected chi connectivity index (χ4v) is 3.10. The van der Waals surface area contributed by atoms with Crippen LogP contribution in [0.5, 0.6) is 5.75 Å². The monoisotopic (exact) mass is 534 g/mol. The third kappa shape index (κ3) is 6.57. The van der Waals surface area contributed by atoms with E-state index in [4.69, 9.17) is 9.15 Å². The summed E-state index contributed by atoms with van der Waals surface area (Å²) in [6.07, 6.45) is -1.02. The van der Waals surface area contributed by atoms with E-state index < -0.39 is 13.0 Å². The van der Waals surface area contributed by atoms with Gasteiger partial charge in [0.15, 0.2) is 11.7 Å². The Morgan fingerprint density at radius 2 is 1.93 bits per heavy atom. The van der Waals surface area contributed by atoms with Crippen molar-refractivity contribution in [2.75, 3.05) is 39.8 Å². The maximum absolute atomic E-state index is 12.4. The van der Waals surface area contributed by atoms with Crippen LogP contribution in [-0.4, -0.2) is 67.9 Å². The molecular weight excluding hydrogens is 509 g/mol. The van der Waals surface area contributed by atoms with Crippen LogP contribution in [-0.2, 0) is 6.54 Å². The minimum absolute atomic E-state index is 0. The third-order valence-corrected chi connectivity index (χ3v) is 4.54. The molecule has 3 rings (SSSR count). The van der Waals surface area contributed by atoms with E-state index in [0.717, 1.165) is 5.56 Å². The summed E-state index contributed by atoms with van der Waals surface area (Å²) in [6, 6.07) is 10.4. The molecule has 30 heavy (non-hydrogen) atoms. The first kappa shape index (κ1) is 23.9. The Hall–Kier alpha value is -2.37. The molecule has 2 heterocycles. The molecule has 0 bridgehead atoms. The van der Waals surface area contributed by atoms with E-state index in [9.17, 15) is 13.6 Å². The summed E-state index contributed by atoms with van der Waals surface area (Å²) in [4.78, 5) is 20.5. The average molecular weight is 534 g/mol. The molecule has 1 aromatic carbocycles. The quantitative estimate of drug-likeness (QED) is 0.351. The number of piperazine rings is 1. The Morgan fingerprint density at radius 1 is 1.20 bits per heavy atom. The second-order valence-electron chi connectivity index (χ2n) is 6.51. The lowest BCUT2D eigenvalue weighted by Gasteiger charge is -2.36. The van der Waals surface area contributed by atoms with Crippen LogP contribution in [0.2, 0.25) is 0 Å². The van der Waals surface area contributed by atoms with Gasteiger partial charge in [-0.1, -0.05) is 12.1 Å². The number of alkyl halides is 2. The van der Waals surface area contributed by atoms with Crippen LogP contribution in [0.4, 0.5) is 8.78 Å². The minimum atomic E-state index is -2.51. The highest BCUT2D eigenvalue weighted by Gasteiger charge is 2.25. The van der Waals surface area contributed by atoms with Crippen molar-refractivity contribution >= 4 is 35.8 Å². The molecule has 0 unspecified atom stereocenters. The number of carbonyl (C=O) groups is 1. The normalized spacial score (nSPS) is 14.5. The van der Waals surface area contributed by atoms with Gasteiger partial charge in [0.2, 0.25) is 0 Å². The number of amides is 1. The van der Waals surface area contributed by atoms with Crippen LogP contribution in [0.25, 0.3) is 0 Å². The fourth-order valence-electron chi connectivity index (χ4n) is 3.10. The summed E-state index contributed by atoms with van der Waals surface area (Å²) in [5, 5.41) is 3.27. The van der Waals surface area contributed by atoms with Gasteiger partial charge in [-0.2, -0.15) is 0 Å². The highest BCUT2D eigenvalue weighted by Crippen LogP contribution is 2.15. The maximum atomic E-state index is 12.4. The lowest BCUT2D eigenvalue weighted by molar-refractivity contribution is 0.0657. The highest BCUT2D eigenvalue weighted by molar-refractivity contribution is 14.0. The molecule has 7 nitrogen and oxygen atoms in total. The Balaban J connectivity index is 0.00000320. The number of nitrogens with one attached hydrogen (secondary N) is 1. The largest absolute Gasteiger partial charge is 0.488 e. The molecule has 1 fully saturated rings. The van der Waals surface area contributed by atoms with Crippen LogP contribution < -0.4 is 10.1 Å². The summed E-state index contributed by atoms with van der Waals surface area (Å²) in [7, 11) is 1.70. The number of benzene rings is 1. The summed E-state index contributed by atoms with van der Waals surface area (Å²) in [5.41, 5.74) is 0.893. The molecule has 10 heteroatoms. The van der Waals surface area contributed by atoms with Gasteiger partial charge in [-0.3, -0.25) is 9.79 Å². The summed E-state index contributed by atoms with van der Waals surface area (Å²) < 4.78 is 34.8. The van der Waals surface area contributed by atoms with Crippen LogP contribution in [0, 0.1) is 0 Å². The first-order valence-corrected chi connectivity index (χ1v) is 9.35. The molecule has 0 radical (unpaired) electrons. The molecule has 164 valence electrons. The Labute approximate surface area is 191 Å². The van der Waals surface area contributed by atoms with Crippen molar-refractivity contribution in [2.24, 2.45) is 4.99 Å². The Bertz CT molecular complexity index is 825. The number of hydrogen-bond donors (Lipinski definition) is 1. The van der Waals surface area contributed by atoms with E-state index in [0.29, 0.717) is 50.2 Å². The number of aliphatic imine (C=N–C) groups is 1. The van der Waals surface area contributed by atoms with Gasteiger partial charge in [-0.05, 0) is 29.8 Å². The summed E-state index contributed by atoms with van der Waals surface area (Å²) in [6.45, 7) is 2.27. The molecule has 1 amide bonds. The van der Waals surface area contributed by atoms with Crippen molar-refractivity contribution in [2.45, 2.75) is 13.0 Å². The molecular formula is C20H25F2IN4O3. The van der Waals surface area contributed by atoms with Crippen LogP contribution in [0.3, 0.4) is 0 Å². The van der Waals surface area contributed by atoms with Gasteiger partial charge < -0.3 is 24.3 Å². The van der Waals surface area contributed by atoms with Crippen molar-refractivity contribution < 1.29 is 22.7 Å².